The fourth-order valence-electron chi connectivity index (χ4n) is 1.70. The van der Waals surface area contributed by atoms with Crippen LogP contribution in [0.1, 0.15) is 24.2 Å². The summed E-state index contributed by atoms with van der Waals surface area (Å²) in [5.74, 6) is 0.0701. The molecule has 2 amide bonds. The number of aldehydes is 1. The van der Waals surface area contributed by atoms with E-state index in [0.29, 0.717) is 18.6 Å². The highest BCUT2D eigenvalue weighted by atomic mass is 16.5. The summed E-state index contributed by atoms with van der Waals surface area (Å²) in [5.41, 5.74) is 0.281. The molecule has 0 aliphatic rings. The van der Waals surface area contributed by atoms with Crippen LogP contribution in [0.5, 0.6) is 11.5 Å². The molecule has 0 aromatic heterocycles. The zero-order valence-corrected chi connectivity index (χ0v) is 12.8. The number of hydrogen-bond donors (Lipinski definition) is 2. The predicted octanol–water partition coefficient (Wildman–Crippen LogP) is 0.527. The largest absolute Gasteiger partial charge is 0.497 e. The Morgan fingerprint density at radius 3 is 2.68 bits per heavy atom. The number of benzene rings is 1. The SMILES string of the molecule is CCNC(=O)[C@H](C)NC(=O)COc1ccc(OC)cc1C=O. The van der Waals surface area contributed by atoms with Crippen molar-refractivity contribution in [2.45, 2.75) is 19.9 Å². The molecule has 0 bridgehead atoms. The van der Waals surface area contributed by atoms with Gasteiger partial charge in [0.2, 0.25) is 5.91 Å². The monoisotopic (exact) mass is 308 g/mol. The van der Waals surface area contributed by atoms with Crippen LogP contribution in [-0.2, 0) is 9.59 Å². The third-order valence-electron chi connectivity index (χ3n) is 2.82. The van der Waals surface area contributed by atoms with Crippen molar-refractivity contribution in [3.05, 3.63) is 23.8 Å². The highest BCUT2D eigenvalue weighted by molar-refractivity contribution is 5.88. The van der Waals surface area contributed by atoms with Gasteiger partial charge in [-0.1, -0.05) is 0 Å². The topological polar surface area (TPSA) is 93.7 Å². The van der Waals surface area contributed by atoms with Gasteiger partial charge in [-0.25, -0.2) is 0 Å². The van der Waals surface area contributed by atoms with E-state index in [9.17, 15) is 14.4 Å². The molecular formula is C15H20N2O5. The van der Waals surface area contributed by atoms with Crippen molar-refractivity contribution < 1.29 is 23.9 Å². The Bertz CT molecular complexity index is 545. The molecule has 1 aromatic rings. The van der Waals surface area contributed by atoms with E-state index < -0.39 is 11.9 Å². The lowest BCUT2D eigenvalue weighted by Crippen LogP contribution is -2.46. The maximum atomic E-state index is 11.7. The van der Waals surface area contributed by atoms with E-state index in [0.717, 1.165) is 0 Å². The fourth-order valence-corrected chi connectivity index (χ4v) is 1.70. The molecule has 1 aromatic carbocycles. The van der Waals surface area contributed by atoms with E-state index in [1.165, 1.54) is 13.2 Å². The maximum Gasteiger partial charge on any atom is 0.258 e. The number of carbonyl (C=O) groups is 3. The lowest BCUT2D eigenvalue weighted by Gasteiger charge is -2.14. The van der Waals surface area contributed by atoms with Crippen molar-refractivity contribution in [2.24, 2.45) is 0 Å². The van der Waals surface area contributed by atoms with Gasteiger partial charge in [0, 0.05) is 6.54 Å². The van der Waals surface area contributed by atoms with Gasteiger partial charge < -0.3 is 20.1 Å². The van der Waals surface area contributed by atoms with Gasteiger partial charge >= 0.3 is 0 Å². The zero-order chi connectivity index (χ0) is 16.5. The number of carbonyl (C=O) groups excluding carboxylic acids is 3. The third kappa shape index (κ3) is 5.08. The molecule has 1 atom stereocenters. The van der Waals surface area contributed by atoms with Crippen molar-refractivity contribution in [1.29, 1.82) is 0 Å². The normalized spacial score (nSPS) is 11.2. The zero-order valence-electron chi connectivity index (χ0n) is 12.8. The van der Waals surface area contributed by atoms with Crippen LogP contribution in [0, 0.1) is 0 Å². The molecule has 0 unspecified atom stereocenters. The molecule has 0 aliphatic carbocycles. The molecule has 0 aliphatic heterocycles. The van der Waals surface area contributed by atoms with Gasteiger partial charge in [-0.05, 0) is 32.0 Å². The highest BCUT2D eigenvalue weighted by Gasteiger charge is 2.15. The number of rotatable bonds is 8. The second-order valence-electron chi connectivity index (χ2n) is 4.49. The van der Waals surface area contributed by atoms with Crippen LogP contribution < -0.4 is 20.1 Å². The van der Waals surface area contributed by atoms with E-state index in [2.05, 4.69) is 10.6 Å². The van der Waals surface area contributed by atoms with E-state index in [4.69, 9.17) is 9.47 Å². The molecule has 0 saturated carbocycles. The van der Waals surface area contributed by atoms with Crippen molar-refractivity contribution in [2.75, 3.05) is 20.3 Å². The second kappa shape index (κ2) is 8.66. The number of methoxy groups -OCH3 is 1. The number of likely N-dealkylation sites (N-methyl/N-ethyl adjacent to an activating group) is 1. The minimum absolute atomic E-state index is 0.270. The Morgan fingerprint density at radius 1 is 1.36 bits per heavy atom. The number of ether oxygens (including phenoxy) is 2. The first-order chi connectivity index (χ1) is 10.5. The van der Waals surface area contributed by atoms with E-state index in [1.807, 2.05) is 0 Å². The average molecular weight is 308 g/mol. The van der Waals surface area contributed by atoms with Gasteiger partial charge in [-0.15, -0.1) is 0 Å². The van der Waals surface area contributed by atoms with Crippen LogP contribution in [0.4, 0.5) is 0 Å². The molecule has 120 valence electrons. The van der Waals surface area contributed by atoms with Crippen LogP contribution in [0.25, 0.3) is 0 Å². The molecule has 22 heavy (non-hydrogen) atoms. The fraction of sp³-hybridized carbons (Fsp3) is 0.400. The molecule has 0 heterocycles. The summed E-state index contributed by atoms with van der Waals surface area (Å²) in [6.45, 7) is 3.56. The number of nitrogens with one attached hydrogen (secondary N) is 2. The van der Waals surface area contributed by atoms with Crippen LogP contribution in [0.15, 0.2) is 18.2 Å². The Labute approximate surface area is 129 Å². The van der Waals surface area contributed by atoms with Gasteiger partial charge in [-0.3, -0.25) is 14.4 Å². The lowest BCUT2D eigenvalue weighted by molar-refractivity contribution is -0.129. The Morgan fingerprint density at radius 2 is 2.09 bits per heavy atom. The van der Waals surface area contributed by atoms with Gasteiger partial charge in [0.1, 0.15) is 17.5 Å². The molecule has 0 saturated heterocycles. The first-order valence-electron chi connectivity index (χ1n) is 6.84. The quantitative estimate of drug-likeness (QED) is 0.683. The van der Waals surface area contributed by atoms with Crippen molar-refractivity contribution in [3.8, 4) is 11.5 Å². The summed E-state index contributed by atoms with van der Waals surface area (Å²) < 4.78 is 10.3. The van der Waals surface area contributed by atoms with Crippen molar-refractivity contribution in [3.63, 3.8) is 0 Å². The predicted molar refractivity (Wildman–Crippen MR) is 80.2 cm³/mol. The van der Waals surface area contributed by atoms with Crippen LogP contribution in [-0.4, -0.2) is 44.4 Å². The van der Waals surface area contributed by atoms with Crippen LogP contribution in [0.2, 0.25) is 0 Å². The van der Waals surface area contributed by atoms with E-state index >= 15 is 0 Å². The minimum Gasteiger partial charge on any atom is -0.497 e. The smallest absolute Gasteiger partial charge is 0.258 e. The third-order valence-corrected chi connectivity index (χ3v) is 2.82. The molecule has 0 spiro atoms. The van der Waals surface area contributed by atoms with Gasteiger partial charge in [0.25, 0.3) is 5.91 Å². The van der Waals surface area contributed by atoms with Gasteiger partial charge in [0.15, 0.2) is 12.9 Å². The summed E-state index contributed by atoms with van der Waals surface area (Å²) in [6.07, 6.45) is 0.618. The summed E-state index contributed by atoms with van der Waals surface area (Å²) >= 11 is 0. The highest BCUT2D eigenvalue weighted by Crippen LogP contribution is 2.22. The Hall–Kier alpha value is -2.57. The molecular weight excluding hydrogens is 288 g/mol. The van der Waals surface area contributed by atoms with Crippen molar-refractivity contribution in [1.82, 2.24) is 10.6 Å². The molecule has 7 nitrogen and oxygen atoms in total. The number of amides is 2. The van der Waals surface area contributed by atoms with Crippen LogP contribution >= 0.6 is 0 Å². The lowest BCUT2D eigenvalue weighted by atomic mass is 10.2. The summed E-state index contributed by atoms with van der Waals surface area (Å²) in [7, 11) is 1.49. The average Bonchev–Trinajstić information content (AvgIpc) is 2.52. The Balaban J connectivity index is 2.57. The van der Waals surface area contributed by atoms with Gasteiger partial charge in [-0.2, -0.15) is 0 Å². The molecule has 0 fully saturated rings. The van der Waals surface area contributed by atoms with Crippen LogP contribution in [0.3, 0.4) is 0 Å². The summed E-state index contributed by atoms with van der Waals surface area (Å²) in [6, 6.07) is 4.02. The minimum atomic E-state index is -0.655. The van der Waals surface area contributed by atoms with Gasteiger partial charge in [0.05, 0.1) is 12.7 Å². The molecule has 7 heteroatoms. The molecule has 2 N–H and O–H groups in total. The first-order valence-corrected chi connectivity index (χ1v) is 6.84. The van der Waals surface area contributed by atoms with Crippen molar-refractivity contribution >= 4 is 18.1 Å². The second-order valence-corrected chi connectivity index (χ2v) is 4.49. The van der Waals surface area contributed by atoms with E-state index in [-0.39, 0.29) is 23.8 Å². The summed E-state index contributed by atoms with van der Waals surface area (Å²) in [4.78, 5) is 34.2. The summed E-state index contributed by atoms with van der Waals surface area (Å²) in [5, 5.41) is 5.11. The standard InChI is InChI=1S/C15H20N2O5/c1-4-16-15(20)10(2)17-14(19)9-22-13-6-5-12(21-3)7-11(13)8-18/h5-8,10H,4,9H2,1-3H3,(H,16,20)(H,17,19)/t10-/m0/s1. The first kappa shape index (κ1) is 17.5. The molecule has 1 rings (SSSR count). The Kier molecular flexibility index (Phi) is 6.88. The van der Waals surface area contributed by atoms with E-state index in [1.54, 1.807) is 26.0 Å². The number of hydrogen-bond acceptors (Lipinski definition) is 5. The maximum absolute atomic E-state index is 11.7. The molecule has 0 radical (unpaired) electrons.